The summed E-state index contributed by atoms with van der Waals surface area (Å²) in [6.07, 6.45) is 0. The van der Waals surface area contributed by atoms with E-state index in [4.69, 9.17) is 14.2 Å². The maximum atomic E-state index is 11.6. The van der Waals surface area contributed by atoms with Crippen LogP contribution in [0.5, 0.6) is 0 Å². The Morgan fingerprint density at radius 3 is 2.00 bits per heavy atom. The lowest BCUT2D eigenvalue weighted by Crippen LogP contribution is -2.05. The van der Waals surface area contributed by atoms with Crippen molar-refractivity contribution in [3.63, 3.8) is 0 Å². The van der Waals surface area contributed by atoms with E-state index in [2.05, 4.69) is 6.58 Å². The maximum Gasteiger partial charge on any atom is 0.368 e. The Labute approximate surface area is 76.9 Å². The minimum Gasteiger partial charge on any atom is -0.477 e. The average Bonchev–Trinajstić information content (AvgIpc) is 2.03. The van der Waals surface area contributed by atoms with Crippen LogP contribution in [-0.2, 0) is 18.4 Å². The second-order valence-corrected chi connectivity index (χ2v) is 4.14. The summed E-state index contributed by atoms with van der Waals surface area (Å²) in [5, 5.41) is 8.01. The van der Waals surface area contributed by atoms with Gasteiger partial charge in [0.1, 0.15) is 5.31 Å². The molecule has 0 saturated heterocycles. The highest BCUT2D eigenvalue weighted by molar-refractivity contribution is 7.59. The minimum absolute atomic E-state index is 0.115. The first-order chi connectivity index (χ1) is 5.98. The first-order valence-corrected chi connectivity index (χ1v) is 5.34. The molecule has 0 aromatic heterocycles. The molecule has 0 amide bonds. The molecule has 0 aromatic carbocycles. The number of hydrogen-bond donors (Lipinski definition) is 1. The van der Waals surface area contributed by atoms with Crippen LogP contribution >= 0.6 is 7.60 Å². The molecule has 0 aliphatic heterocycles. The van der Waals surface area contributed by atoms with E-state index in [1.807, 2.05) is 0 Å². The molecule has 0 heterocycles. The fraction of sp³-hybridized carbons (Fsp3) is 0.571. The highest BCUT2D eigenvalue weighted by Gasteiger charge is 2.32. The average molecular weight is 208 g/mol. The Morgan fingerprint density at radius 1 is 1.38 bits per heavy atom. The number of aliphatic carboxylic acids is 1. The normalized spacial score (nSPS) is 11.2. The van der Waals surface area contributed by atoms with Crippen molar-refractivity contribution in [2.75, 3.05) is 13.2 Å². The smallest absolute Gasteiger partial charge is 0.368 e. The van der Waals surface area contributed by atoms with Gasteiger partial charge in [-0.05, 0) is 13.8 Å². The predicted octanol–water partition coefficient (Wildman–Crippen LogP) is 1.85. The zero-order chi connectivity index (χ0) is 10.5. The molecular formula is C7H13O5P. The molecule has 0 spiro atoms. The largest absolute Gasteiger partial charge is 0.477 e. The second-order valence-electron chi connectivity index (χ2n) is 2.08. The van der Waals surface area contributed by atoms with Crippen molar-refractivity contribution in [1.82, 2.24) is 0 Å². The van der Waals surface area contributed by atoms with Crippen molar-refractivity contribution in [2.24, 2.45) is 0 Å². The summed E-state index contributed by atoms with van der Waals surface area (Å²) < 4.78 is 21.1. The van der Waals surface area contributed by atoms with Gasteiger partial charge in [0.15, 0.2) is 0 Å². The van der Waals surface area contributed by atoms with Crippen LogP contribution in [0.1, 0.15) is 13.8 Å². The van der Waals surface area contributed by atoms with E-state index in [1.165, 1.54) is 0 Å². The van der Waals surface area contributed by atoms with E-state index in [-0.39, 0.29) is 13.2 Å². The van der Waals surface area contributed by atoms with Gasteiger partial charge in [-0.1, -0.05) is 6.58 Å². The maximum absolute atomic E-state index is 11.6. The van der Waals surface area contributed by atoms with Crippen LogP contribution in [0, 0.1) is 0 Å². The minimum atomic E-state index is -3.66. The molecule has 1 N–H and O–H groups in total. The van der Waals surface area contributed by atoms with Gasteiger partial charge in [0.2, 0.25) is 0 Å². The predicted molar refractivity (Wildman–Crippen MR) is 47.6 cm³/mol. The van der Waals surface area contributed by atoms with Crippen LogP contribution in [0.2, 0.25) is 0 Å². The standard InChI is InChI=1S/C7H13O5P/c1-4-11-13(10,12-5-2)6(3)7(8)9/h3-5H2,1-2H3,(H,8,9). The van der Waals surface area contributed by atoms with Gasteiger partial charge in [-0.15, -0.1) is 0 Å². The highest BCUT2D eigenvalue weighted by atomic mass is 31.2. The Kier molecular flexibility index (Phi) is 4.91. The van der Waals surface area contributed by atoms with Crippen LogP contribution in [0.15, 0.2) is 11.9 Å². The van der Waals surface area contributed by atoms with E-state index >= 15 is 0 Å². The highest BCUT2D eigenvalue weighted by Crippen LogP contribution is 2.55. The molecule has 5 nitrogen and oxygen atoms in total. The van der Waals surface area contributed by atoms with E-state index in [0.29, 0.717) is 0 Å². The van der Waals surface area contributed by atoms with Crippen LogP contribution in [0.25, 0.3) is 0 Å². The van der Waals surface area contributed by atoms with Crippen LogP contribution < -0.4 is 0 Å². The summed E-state index contributed by atoms with van der Waals surface area (Å²) >= 11 is 0. The zero-order valence-electron chi connectivity index (χ0n) is 7.65. The van der Waals surface area contributed by atoms with Crippen LogP contribution in [0.4, 0.5) is 0 Å². The summed E-state index contributed by atoms with van der Waals surface area (Å²) in [7, 11) is -3.66. The second kappa shape index (κ2) is 5.17. The van der Waals surface area contributed by atoms with Crippen molar-refractivity contribution < 1.29 is 23.5 Å². The van der Waals surface area contributed by atoms with Gasteiger partial charge < -0.3 is 14.2 Å². The van der Waals surface area contributed by atoms with Crippen LogP contribution in [0.3, 0.4) is 0 Å². The molecule has 0 aliphatic rings. The quantitative estimate of drug-likeness (QED) is 0.532. The van der Waals surface area contributed by atoms with Crippen molar-refractivity contribution >= 4 is 13.6 Å². The third kappa shape index (κ3) is 3.30. The van der Waals surface area contributed by atoms with E-state index in [1.54, 1.807) is 13.8 Å². The van der Waals surface area contributed by atoms with E-state index in [0.717, 1.165) is 0 Å². The first kappa shape index (κ1) is 12.4. The van der Waals surface area contributed by atoms with Gasteiger partial charge in [0.05, 0.1) is 13.2 Å². The molecule has 0 rings (SSSR count). The lowest BCUT2D eigenvalue weighted by atomic mass is 10.7. The van der Waals surface area contributed by atoms with E-state index < -0.39 is 18.9 Å². The molecule has 0 aliphatic carbocycles. The third-order valence-electron chi connectivity index (χ3n) is 1.18. The molecular weight excluding hydrogens is 195 g/mol. The molecule has 13 heavy (non-hydrogen) atoms. The monoisotopic (exact) mass is 208 g/mol. The number of carbonyl (C=O) groups is 1. The molecule has 0 saturated carbocycles. The fourth-order valence-corrected chi connectivity index (χ4v) is 1.95. The molecule has 0 atom stereocenters. The molecule has 76 valence electrons. The number of rotatable bonds is 6. The Morgan fingerprint density at radius 2 is 1.77 bits per heavy atom. The lowest BCUT2D eigenvalue weighted by Gasteiger charge is -2.15. The van der Waals surface area contributed by atoms with Gasteiger partial charge in [-0.3, -0.25) is 4.57 Å². The van der Waals surface area contributed by atoms with Gasteiger partial charge in [-0.25, -0.2) is 4.79 Å². The van der Waals surface area contributed by atoms with Gasteiger partial charge in [0.25, 0.3) is 0 Å². The Bertz CT molecular complexity index is 237. The van der Waals surface area contributed by atoms with Crippen molar-refractivity contribution in [3.8, 4) is 0 Å². The van der Waals surface area contributed by atoms with Crippen molar-refractivity contribution in [1.29, 1.82) is 0 Å². The molecule has 0 fully saturated rings. The Balaban J connectivity index is 4.68. The molecule has 0 unspecified atom stereocenters. The molecule has 0 bridgehead atoms. The fourth-order valence-electron chi connectivity index (χ4n) is 0.650. The third-order valence-corrected chi connectivity index (χ3v) is 3.22. The Hall–Kier alpha value is -0.640. The molecule has 6 heteroatoms. The summed E-state index contributed by atoms with van der Waals surface area (Å²) in [4.78, 5) is 10.5. The number of carboxylic acid groups (broad SMARTS) is 1. The topological polar surface area (TPSA) is 72.8 Å². The summed E-state index contributed by atoms with van der Waals surface area (Å²) in [5.74, 6) is -1.37. The van der Waals surface area contributed by atoms with Crippen molar-refractivity contribution in [2.45, 2.75) is 13.8 Å². The van der Waals surface area contributed by atoms with Crippen molar-refractivity contribution in [3.05, 3.63) is 11.9 Å². The molecule has 0 aromatic rings. The SMILES string of the molecule is C=C(C(=O)O)P(=O)(OCC)OCC. The van der Waals surface area contributed by atoms with E-state index in [9.17, 15) is 9.36 Å². The van der Waals surface area contributed by atoms with Gasteiger partial charge in [-0.2, -0.15) is 0 Å². The summed E-state index contributed by atoms with van der Waals surface area (Å²) in [5.41, 5.74) is 0. The van der Waals surface area contributed by atoms with Gasteiger partial charge >= 0.3 is 13.6 Å². The first-order valence-electron chi connectivity index (χ1n) is 3.79. The zero-order valence-corrected chi connectivity index (χ0v) is 8.54. The molecule has 0 radical (unpaired) electrons. The van der Waals surface area contributed by atoms with Crippen LogP contribution in [-0.4, -0.2) is 24.3 Å². The summed E-state index contributed by atoms with van der Waals surface area (Å²) in [6, 6.07) is 0. The van der Waals surface area contributed by atoms with Gasteiger partial charge in [0, 0.05) is 0 Å². The number of hydrogen-bond acceptors (Lipinski definition) is 4. The lowest BCUT2D eigenvalue weighted by molar-refractivity contribution is -0.132. The number of carboxylic acids is 1. The summed E-state index contributed by atoms with van der Waals surface area (Å²) in [6.45, 7) is 6.58.